The van der Waals surface area contributed by atoms with E-state index in [1.807, 2.05) is 18.2 Å². The molecule has 1 aromatic carbocycles. The van der Waals surface area contributed by atoms with E-state index in [-0.39, 0.29) is 11.6 Å². The summed E-state index contributed by atoms with van der Waals surface area (Å²) < 4.78 is 1.09. The highest BCUT2D eigenvalue weighted by molar-refractivity contribution is 7.21. The van der Waals surface area contributed by atoms with Crippen molar-refractivity contribution in [3.63, 3.8) is 0 Å². The molecule has 2 saturated heterocycles. The first-order chi connectivity index (χ1) is 16.2. The molecule has 3 aliphatic rings. The van der Waals surface area contributed by atoms with Crippen LogP contribution in [0.5, 0.6) is 0 Å². The van der Waals surface area contributed by atoms with Crippen LogP contribution in [0.4, 0.5) is 5.82 Å². The minimum atomic E-state index is -0.0780. The molecule has 3 fully saturated rings. The summed E-state index contributed by atoms with van der Waals surface area (Å²) in [7, 11) is 0. The molecule has 6 rings (SSSR count). The summed E-state index contributed by atoms with van der Waals surface area (Å²) in [6, 6.07) is 8.33. The molecule has 0 amide bonds. The van der Waals surface area contributed by atoms with Crippen molar-refractivity contribution in [3.8, 4) is 10.6 Å². The van der Waals surface area contributed by atoms with E-state index in [4.69, 9.17) is 9.97 Å². The van der Waals surface area contributed by atoms with E-state index in [0.29, 0.717) is 17.3 Å². The fourth-order valence-corrected chi connectivity index (χ4v) is 6.20. The Hall–Kier alpha value is -2.29. The molecule has 4 heterocycles. The molecule has 2 aliphatic heterocycles. The van der Waals surface area contributed by atoms with Crippen molar-refractivity contribution < 1.29 is 0 Å². The summed E-state index contributed by atoms with van der Waals surface area (Å²) in [5.74, 6) is 2.76. The Morgan fingerprint density at radius 3 is 2.70 bits per heavy atom. The Bertz CT molecular complexity index is 1140. The van der Waals surface area contributed by atoms with Gasteiger partial charge < -0.3 is 20.5 Å². The van der Waals surface area contributed by atoms with Crippen molar-refractivity contribution in [3.05, 3.63) is 40.4 Å². The molecule has 3 aromatic rings. The van der Waals surface area contributed by atoms with Gasteiger partial charge in [0.25, 0.3) is 5.56 Å². The van der Waals surface area contributed by atoms with E-state index in [2.05, 4.69) is 26.6 Å². The first-order valence-electron chi connectivity index (χ1n) is 12.4. The van der Waals surface area contributed by atoms with Crippen molar-refractivity contribution >= 4 is 27.4 Å². The van der Waals surface area contributed by atoms with Crippen LogP contribution >= 0.6 is 11.3 Å². The molecule has 1 atom stereocenters. The highest BCUT2D eigenvalue weighted by atomic mass is 32.1. The van der Waals surface area contributed by atoms with Crippen LogP contribution in [0.2, 0.25) is 0 Å². The molecule has 0 spiro atoms. The van der Waals surface area contributed by atoms with Crippen molar-refractivity contribution in [2.75, 3.05) is 38.0 Å². The van der Waals surface area contributed by atoms with Crippen molar-refractivity contribution in [1.29, 1.82) is 0 Å². The Morgan fingerprint density at radius 1 is 1.09 bits per heavy atom. The molecule has 0 radical (unpaired) electrons. The highest BCUT2D eigenvalue weighted by Crippen LogP contribution is 2.35. The second kappa shape index (κ2) is 9.16. The number of para-hydroxylation sites is 1. The van der Waals surface area contributed by atoms with Crippen LogP contribution in [0.3, 0.4) is 0 Å². The zero-order valence-corrected chi connectivity index (χ0v) is 19.8. The average molecular weight is 465 g/mol. The number of hydrogen-bond donors (Lipinski definition) is 3. The lowest BCUT2D eigenvalue weighted by Crippen LogP contribution is -2.39. The molecule has 8 heteroatoms. The molecule has 0 bridgehead atoms. The number of benzene rings is 1. The van der Waals surface area contributed by atoms with Gasteiger partial charge >= 0.3 is 0 Å². The first-order valence-corrected chi connectivity index (χ1v) is 13.2. The van der Waals surface area contributed by atoms with Gasteiger partial charge in [0.2, 0.25) is 0 Å². The SMILES string of the molecule is O=c1[nH]c(C2CCN(CC3CC3)CC2)nc(NC2CCCNC2)c1-c1nc2ccccc2s1. The van der Waals surface area contributed by atoms with Crippen LogP contribution in [0.25, 0.3) is 20.8 Å². The molecule has 1 unspecified atom stereocenters. The molecule has 1 aliphatic carbocycles. The third kappa shape index (κ3) is 4.69. The number of nitrogens with zero attached hydrogens (tertiary/aromatic N) is 3. The molecule has 1 saturated carbocycles. The number of piperidine rings is 2. The maximum absolute atomic E-state index is 13.4. The van der Waals surface area contributed by atoms with Crippen LogP contribution in [-0.4, -0.2) is 58.6 Å². The Kier molecular flexibility index (Phi) is 5.90. The summed E-state index contributed by atoms with van der Waals surface area (Å²) in [6.07, 6.45) is 7.11. The van der Waals surface area contributed by atoms with Crippen LogP contribution in [0, 0.1) is 5.92 Å². The molecule has 174 valence electrons. The first kappa shape index (κ1) is 21.3. The predicted octanol–water partition coefficient (Wildman–Crippen LogP) is 3.80. The number of hydrogen-bond acceptors (Lipinski definition) is 7. The van der Waals surface area contributed by atoms with Gasteiger partial charge in [0, 0.05) is 25.0 Å². The van der Waals surface area contributed by atoms with Gasteiger partial charge in [0.1, 0.15) is 22.2 Å². The molecular weight excluding hydrogens is 432 g/mol. The van der Waals surface area contributed by atoms with Gasteiger partial charge in [-0.1, -0.05) is 12.1 Å². The number of thiazole rings is 1. The number of aromatic amines is 1. The lowest BCUT2D eigenvalue weighted by molar-refractivity contribution is 0.202. The molecule has 7 nitrogen and oxygen atoms in total. The second-order valence-electron chi connectivity index (χ2n) is 9.87. The average Bonchev–Trinajstić information content (AvgIpc) is 3.55. The van der Waals surface area contributed by atoms with Crippen LogP contribution in [0.15, 0.2) is 29.1 Å². The molecule has 2 aromatic heterocycles. The smallest absolute Gasteiger partial charge is 0.263 e. The zero-order chi connectivity index (χ0) is 22.2. The summed E-state index contributed by atoms with van der Waals surface area (Å²) >= 11 is 1.56. The number of rotatable bonds is 6. The van der Waals surface area contributed by atoms with Crippen molar-refractivity contribution in [1.82, 2.24) is 25.2 Å². The summed E-state index contributed by atoms with van der Waals surface area (Å²) in [5, 5.41) is 7.82. The van der Waals surface area contributed by atoms with Gasteiger partial charge in [0.05, 0.1) is 10.2 Å². The van der Waals surface area contributed by atoms with Crippen LogP contribution in [0.1, 0.15) is 50.3 Å². The maximum Gasteiger partial charge on any atom is 0.263 e. The lowest BCUT2D eigenvalue weighted by atomic mass is 9.95. The molecule has 3 N–H and O–H groups in total. The third-order valence-electron chi connectivity index (χ3n) is 7.27. The fraction of sp³-hybridized carbons (Fsp3) is 0.560. The number of likely N-dealkylation sites (tertiary alicyclic amines) is 1. The number of H-pyrrole nitrogens is 1. The lowest BCUT2D eigenvalue weighted by Gasteiger charge is -2.32. The van der Waals surface area contributed by atoms with E-state index < -0.39 is 0 Å². The van der Waals surface area contributed by atoms with E-state index in [0.717, 1.165) is 78.8 Å². The second-order valence-corrected chi connectivity index (χ2v) is 10.9. The largest absolute Gasteiger partial charge is 0.365 e. The summed E-state index contributed by atoms with van der Waals surface area (Å²) in [5.41, 5.74) is 1.43. The third-order valence-corrected chi connectivity index (χ3v) is 8.32. The number of anilines is 1. The summed E-state index contributed by atoms with van der Waals surface area (Å²) in [6.45, 7) is 5.38. The van der Waals surface area contributed by atoms with E-state index in [9.17, 15) is 4.79 Å². The van der Waals surface area contributed by atoms with Gasteiger partial charge in [-0.05, 0) is 76.2 Å². The van der Waals surface area contributed by atoms with E-state index in [1.54, 1.807) is 11.3 Å². The molecular formula is C25H32N6OS. The predicted molar refractivity (Wildman–Crippen MR) is 134 cm³/mol. The monoisotopic (exact) mass is 464 g/mol. The normalized spacial score (nSPS) is 22.6. The number of aromatic nitrogens is 3. The standard InChI is InChI=1S/C25H32N6OS/c32-24-21(25-28-19-5-1-2-6-20(19)33-25)23(27-18-4-3-11-26-14-18)29-22(30-24)17-9-12-31(13-10-17)15-16-7-8-16/h1-2,5-6,16-18,26H,3-4,7-15H2,(H2,27,29,30,32). The molecule has 33 heavy (non-hydrogen) atoms. The topological polar surface area (TPSA) is 85.9 Å². The maximum atomic E-state index is 13.4. The van der Waals surface area contributed by atoms with Gasteiger partial charge in [-0.15, -0.1) is 11.3 Å². The van der Waals surface area contributed by atoms with Crippen LogP contribution in [-0.2, 0) is 0 Å². The quantitative estimate of drug-likeness (QED) is 0.515. The van der Waals surface area contributed by atoms with E-state index >= 15 is 0 Å². The van der Waals surface area contributed by atoms with Crippen LogP contribution < -0.4 is 16.2 Å². The minimum absolute atomic E-state index is 0.0780. The van der Waals surface area contributed by atoms with Gasteiger partial charge in [-0.2, -0.15) is 0 Å². The van der Waals surface area contributed by atoms with E-state index in [1.165, 1.54) is 19.4 Å². The minimum Gasteiger partial charge on any atom is -0.365 e. The van der Waals surface area contributed by atoms with Crippen molar-refractivity contribution in [2.24, 2.45) is 5.92 Å². The number of nitrogens with one attached hydrogen (secondary N) is 3. The van der Waals surface area contributed by atoms with Gasteiger partial charge in [-0.25, -0.2) is 9.97 Å². The van der Waals surface area contributed by atoms with Crippen molar-refractivity contribution in [2.45, 2.75) is 50.5 Å². The van der Waals surface area contributed by atoms with Gasteiger partial charge in [-0.3, -0.25) is 4.79 Å². The Morgan fingerprint density at radius 2 is 1.94 bits per heavy atom. The number of fused-ring (bicyclic) bond motifs is 1. The Labute approximate surface area is 198 Å². The fourth-order valence-electron chi connectivity index (χ4n) is 5.19. The zero-order valence-electron chi connectivity index (χ0n) is 19.0. The summed E-state index contributed by atoms with van der Waals surface area (Å²) in [4.78, 5) is 29.0. The Balaban J connectivity index is 1.32. The highest BCUT2D eigenvalue weighted by Gasteiger charge is 2.29. The van der Waals surface area contributed by atoms with Gasteiger partial charge in [0.15, 0.2) is 0 Å².